The van der Waals surface area contributed by atoms with Gasteiger partial charge >= 0.3 is 0 Å². The average Bonchev–Trinajstić information content (AvgIpc) is 2.41. The lowest BCUT2D eigenvalue weighted by atomic mass is 9.97. The Morgan fingerprint density at radius 3 is 2.14 bits per heavy atom. The molecule has 0 aromatic heterocycles. The summed E-state index contributed by atoms with van der Waals surface area (Å²) in [5.74, 6) is 2.00. The molecule has 0 aromatic rings. The number of aliphatic hydroxyl groups is 2. The molecule has 1 heterocycles. The van der Waals surface area contributed by atoms with Gasteiger partial charge in [-0.2, -0.15) is 12.6 Å². The summed E-state index contributed by atoms with van der Waals surface area (Å²) >= 11 is 4.32. The molecule has 1 saturated heterocycles. The van der Waals surface area contributed by atoms with E-state index in [1.807, 2.05) is 0 Å². The van der Waals surface area contributed by atoms with Crippen molar-refractivity contribution in [1.29, 1.82) is 0 Å². The minimum atomic E-state index is -0.567. The van der Waals surface area contributed by atoms with Crippen LogP contribution in [-0.4, -0.2) is 52.7 Å². The monoisotopic (exact) mass is 219 g/mol. The second-order valence-electron chi connectivity index (χ2n) is 4.54. The average molecular weight is 219 g/mol. The van der Waals surface area contributed by atoms with Gasteiger partial charge in [-0.15, -0.1) is 0 Å². The molecule has 4 heteroatoms. The van der Waals surface area contributed by atoms with E-state index in [0.29, 0.717) is 24.9 Å². The number of hydrogen-bond donors (Lipinski definition) is 3. The molecule has 0 bridgehead atoms. The topological polar surface area (TPSA) is 43.7 Å². The van der Waals surface area contributed by atoms with Gasteiger partial charge in [0.25, 0.3) is 0 Å². The van der Waals surface area contributed by atoms with Crippen LogP contribution in [0.3, 0.4) is 0 Å². The Balaban J connectivity index is 2.37. The number of thiol groups is 1. The Hall–Kier alpha value is 0.230. The molecule has 2 N–H and O–H groups in total. The predicted molar refractivity (Wildman–Crippen MR) is 60.6 cm³/mol. The van der Waals surface area contributed by atoms with Crippen LogP contribution < -0.4 is 0 Å². The van der Waals surface area contributed by atoms with Crippen molar-refractivity contribution < 1.29 is 10.2 Å². The first kappa shape index (κ1) is 12.3. The van der Waals surface area contributed by atoms with Crippen molar-refractivity contribution in [1.82, 2.24) is 4.90 Å². The number of aliphatic hydroxyl groups excluding tert-OH is 2. The minimum Gasteiger partial charge on any atom is -0.389 e. The minimum absolute atomic E-state index is 0.538. The lowest BCUT2D eigenvalue weighted by Gasteiger charge is -2.24. The number of hydrogen-bond acceptors (Lipinski definition) is 4. The Morgan fingerprint density at radius 1 is 1.29 bits per heavy atom. The second-order valence-corrected chi connectivity index (χ2v) is 4.91. The Morgan fingerprint density at radius 2 is 1.79 bits per heavy atom. The molecule has 84 valence electrons. The van der Waals surface area contributed by atoms with Gasteiger partial charge in [0.05, 0.1) is 12.2 Å². The number of β-amino-alcohol motifs (C(OH)–C–C–N with tert-alkyl or cyclic N) is 2. The SMILES string of the molecule is CC(C)C(CS)CN1CC(O)C(O)C1. The van der Waals surface area contributed by atoms with Crippen LogP contribution in [0.15, 0.2) is 0 Å². The van der Waals surface area contributed by atoms with Crippen molar-refractivity contribution in [3.63, 3.8) is 0 Å². The lowest BCUT2D eigenvalue weighted by Crippen LogP contribution is -2.31. The lowest BCUT2D eigenvalue weighted by molar-refractivity contribution is 0.0572. The highest BCUT2D eigenvalue weighted by Gasteiger charge is 2.30. The fourth-order valence-corrected chi connectivity index (χ4v) is 2.34. The van der Waals surface area contributed by atoms with E-state index in [-0.39, 0.29) is 0 Å². The zero-order chi connectivity index (χ0) is 10.7. The van der Waals surface area contributed by atoms with Crippen LogP contribution >= 0.6 is 12.6 Å². The summed E-state index contributed by atoms with van der Waals surface area (Å²) in [6, 6.07) is 0. The Labute approximate surface area is 91.5 Å². The van der Waals surface area contributed by atoms with Gasteiger partial charge in [0.1, 0.15) is 0 Å². The maximum absolute atomic E-state index is 9.38. The van der Waals surface area contributed by atoms with Crippen LogP contribution in [0.5, 0.6) is 0 Å². The van der Waals surface area contributed by atoms with Crippen LogP contribution in [0, 0.1) is 11.8 Å². The van der Waals surface area contributed by atoms with E-state index in [1.165, 1.54) is 0 Å². The van der Waals surface area contributed by atoms with Crippen molar-refractivity contribution in [3.8, 4) is 0 Å². The zero-order valence-corrected chi connectivity index (χ0v) is 9.82. The summed E-state index contributed by atoms with van der Waals surface area (Å²) in [5.41, 5.74) is 0. The van der Waals surface area contributed by atoms with Crippen molar-refractivity contribution in [2.75, 3.05) is 25.4 Å². The third-order valence-electron chi connectivity index (χ3n) is 3.00. The molecule has 3 unspecified atom stereocenters. The van der Waals surface area contributed by atoms with E-state index in [4.69, 9.17) is 0 Å². The fourth-order valence-electron chi connectivity index (χ4n) is 1.81. The van der Waals surface area contributed by atoms with Crippen molar-refractivity contribution >= 4 is 12.6 Å². The largest absolute Gasteiger partial charge is 0.389 e. The molecule has 14 heavy (non-hydrogen) atoms. The third-order valence-corrected chi connectivity index (χ3v) is 3.47. The highest BCUT2D eigenvalue weighted by atomic mass is 32.1. The molecule has 1 fully saturated rings. The smallest absolute Gasteiger partial charge is 0.0938 e. The quantitative estimate of drug-likeness (QED) is 0.593. The standard InChI is InChI=1S/C10H21NO2S/c1-7(2)8(6-14)3-11-4-9(12)10(13)5-11/h7-10,12-14H,3-6H2,1-2H3. The molecule has 0 aromatic carbocycles. The van der Waals surface area contributed by atoms with E-state index in [0.717, 1.165) is 12.3 Å². The fraction of sp³-hybridized carbons (Fsp3) is 1.00. The number of nitrogens with zero attached hydrogens (tertiary/aromatic N) is 1. The molecule has 0 amide bonds. The van der Waals surface area contributed by atoms with Crippen LogP contribution in [0.4, 0.5) is 0 Å². The highest BCUT2D eigenvalue weighted by Crippen LogP contribution is 2.18. The van der Waals surface area contributed by atoms with Crippen LogP contribution in [-0.2, 0) is 0 Å². The summed E-state index contributed by atoms with van der Waals surface area (Å²) in [6.07, 6.45) is -1.13. The summed E-state index contributed by atoms with van der Waals surface area (Å²) < 4.78 is 0. The Bertz CT molecular complexity index is 168. The molecular formula is C10H21NO2S. The van der Waals surface area contributed by atoms with Gasteiger partial charge < -0.3 is 10.2 Å². The molecule has 0 saturated carbocycles. The summed E-state index contributed by atoms with van der Waals surface area (Å²) in [6.45, 7) is 6.49. The van der Waals surface area contributed by atoms with Crippen LogP contribution in [0.25, 0.3) is 0 Å². The normalized spacial score (nSPS) is 31.3. The number of likely N-dealkylation sites (tertiary alicyclic amines) is 1. The van der Waals surface area contributed by atoms with E-state index in [1.54, 1.807) is 0 Å². The molecule has 1 aliphatic heterocycles. The molecular weight excluding hydrogens is 198 g/mol. The van der Waals surface area contributed by atoms with Crippen molar-refractivity contribution in [3.05, 3.63) is 0 Å². The molecule has 1 aliphatic rings. The maximum Gasteiger partial charge on any atom is 0.0938 e. The predicted octanol–water partition coefficient (Wildman–Crippen LogP) is 0.226. The van der Waals surface area contributed by atoms with Gasteiger partial charge in [-0.3, -0.25) is 4.90 Å². The van der Waals surface area contributed by atoms with E-state index in [9.17, 15) is 10.2 Å². The van der Waals surface area contributed by atoms with E-state index in [2.05, 4.69) is 31.4 Å². The van der Waals surface area contributed by atoms with Gasteiger partial charge in [0.15, 0.2) is 0 Å². The summed E-state index contributed by atoms with van der Waals surface area (Å²) in [5, 5.41) is 18.8. The maximum atomic E-state index is 9.38. The second kappa shape index (κ2) is 5.35. The van der Waals surface area contributed by atoms with Gasteiger partial charge in [0.2, 0.25) is 0 Å². The van der Waals surface area contributed by atoms with E-state index >= 15 is 0 Å². The van der Waals surface area contributed by atoms with E-state index < -0.39 is 12.2 Å². The van der Waals surface area contributed by atoms with Crippen LogP contribution in [0.2, 0.25) is 0 Å². The molecule has 3 nitrogen and oxygen atoms in total. The van der Waals surface area contributed by atoms with Crippen molar-refractivity contribution in [2.45, 2.75) is 26.1 Å². The first-order chi connectivity index (χ1) is 6.54. The van der Waals surface area contributed by atoms with Crippen LogP contribution in [0.1, 0.15) is 13.8 Å². The number of rotatable bonds is 4. The zero-order valence-electron chi connectivity index (χ0n) is 8.93. The summed E-state index contributed by atoms with van der Waals surface area (Å²) in [4.78, 5) is 2.12. The molecule has 3 atom stereocenters. The molecule has 0 aliphatic carbocycles. The molecule has 0 spiro atoms. The highest BCUT2D eigenvalue weighted by molar-refractivity contribution is 7.80. The van der Waals surface area contributed by atoms with Crippen molar-refractivity contribution in [2.24, 2.45) is 11.8 Å². The van der Waals surface area contributed by atoms with Gasteiger partial charge in [0, 0.05) is 19.6 Å². The first-order valence-electron chi connectivity index (χ1n) is 5.24. The molecule has 1 rings (SSSR count). The third kappa shape index (κ3) is 3.12. The van der Waals surface area contributed by atoms with Gasteiger partial charge in [-0.05, 0) is 17.6 Å². The van der Waals surface area contributed by atoms with Gasteiger partial charge in [-0.25, -0.2) is 0 Å². The van der Waals surface area contributed by atoms with Gasteiger partial charge in [-0.1, -0.05) is 13.8 Å². The summed E-state index contributed by atoms with van der Waals surface area (Å²) in [7, 11) is 0. The first-order valence-corrected chi connectivity index (χ1v) is 5.87. The molecule has 0 radical (unpaired) electrons. The Kier molecular flexibility index (Phi) is 4.70.